The molecule has 2 aromatic rings. The van der Waals surface area contributed by atoms with Crippen LogP contribution < -0.4 is 10.6 Å². The van der Waals surface area contributed by atoms with Crippen LogP contribution in [0.15, 0.2) is 30.3 Å². The number of aryl methyl sites for hydroxylation is 2. The van der Waals surface area contributed by atoms with Crippen LogP contribution in [0.5, 0.6) is 0 Å². The molecule has 6 heteroatoms. The number of para-hydroxylation sites is 1. The molecule has 1 aromatic carbocycles. The lowest BCUT2D eigenvalue weighted by Crippen LogP contribution is -2.56. The Morgan fingerprint density at radius 2 is 2.04 bits per heavy atom. The van der Waals surface area contributed by atoms with Gasteiger partial charge in [0.25, 0.3) is 5.91 Å². The first kappa shape index (κ1) is 17.2. The van der Waals surface area contributed by atoms with E-state index in [-0.39, 0.29) is 17.7 Å². The third-order valence-corrected chi connectivity index (χ3v) is 6.45. The highest BCUT2D eigenvalue weighted by molar-refractivity contribution is 7.12. The van der Waals surface area contributed by atoms with E-state index in [2.05, 4.69) is 35.4 Å². The molecular formula is C20H23N3O2S. The summed E-state index contributed by atoms with van der Waals surface area (Å²) in [5, 5.41) is 6.11. The van der Waals surface area contributed by atoms with Crippen LogP contribution in [0.25, 0.3) is 0 Å². The molecule has 0 saturated carbocycles. The monoisotopic (exact) mass is 369 g/mol. The van der Waals surface area contributed by atoms with E-state index < -0.39 is 5.54 Å². The topological polar surface area (TPSA) is 61.4 Å². The van der Waals surface area contributed by atoms with Gasteiger partial charge >= 0.3 is 0 Å². The second kappa shape index (κ2) is 6.21. The highest BCUT2D eigenvalue weighted by Gasteiger charge is 2.49. The summed E-state index contributed by atoms with van der Waals surface area (Å²) in [4.78, 5) is 30.6. The van der Waals surface area contributed by atoms with Crippen LogP contribution in [-0.4, -0.2) is 35.3 Å². The Morgan fingerprint density at radius 3 is 2.77 bits per heavy atom. The molecule has 2 aliphatic heterocycles. The van der Waals surface area contributed by atoms with Crippen molar-refractivity contribution in [3.63, 3.8) is 0 Å². The van der Waals surface area contributed by atoms with Gasteiger partial charge in [-0.1, -0.05) is 12.1 Å². The maximum Gasteiger partial charge on any atom is 0.253 e. The molecule has 0 unspecified atom stereocenters. The number of fused-ring (bicyclic) bond motifs is 2. The highest BCUT2D eigenvalue weighted by Crippen LogP contribution is 2.34. The van der Waals surface area contributed by atoms with E-state index in [4.69, 9.17) is 0 Å². The van der Waals surface area contributed by atoms with Crippen LogP contribution in [-0.2, 0) is 11.3 Å². The molecule has 0 spiro atoms. The molecule has 5 nitrogen and oxygen atoms in total. The first-order chi connectivity index (χ1) is 12.4. The van der Waals surface area contributed by atoms with Gasteiger partial charge in [-0.2, -0.15) is 0 Å². The van der Waals surface area contributed by atoms with Crippen molar-refractivity contribution >= 4 is 28.8 Å². The largest absolute Gasteiger partial charge is 0.345 e. The van der Waals surface area contributed by atoms with Gasteiger partial charge in [-0.3, -0.25) is 14.5 Å². The summed E-state index contributed by atoms with van der Waals surface area (Å²) >= 11 is 1.80. The number of amides is 2. The van der Waals surface area contributed by atoms with Crippen molar-refractivity contribution in [1.82, 2.24) is 10.2 Å². The summed E-state index contributed by atoms with van der Waals surface area (Å²) in [6.45, 7) is 8.34. The van der Waals surface area contributed by atoms with Crippen LogP contribution in [0.4, 0.5) is 5.69 Å². The average Bonchev–Trinajstić information content (AvgIpc) is 3.05. The number of likely N-dealkylation sites (tertiary alicyclic amines) is 1. The predicted octanol–water partition coefficient (Wildman–Crippen LogP) is 2.94. The quantitative estimate of drug-likeness (QED) is 0.856. The normalized spacial score (nSPS) is 25.7. The smallest absolute Gasteiger partial charge is 0.253 e. The van der Waals surface area contributed by atoms with Crippen molar-refractivity contribution in [2.24, 2.45) is 5.92 Å². The standard InChI is InChI=1S/C20H23N3O2S/c1-12-8-14(13(2)26-12)9-23-10-16-19(25)21-17-7-5-4-6-15(17)18(24)22-20(16,3)11-23/h4-8,16H,9-11H2,1-3H3,(H,21,25)(H,22,24)/t16-,20-/m0/s1. The summed E-state index contributed by atoms with van der Waals surface area (Å²) < 4.78 is 0. The van der Waals surface area contributed by atoms with Crippen molar-refractivity contribution in [2.75, 3.05) is 18.4 Å². The summed E-state index contributed by atoms with van der Waals surface area (Å²) in [6, 6.07) is 9.39. The van der Waals surface area contributed by atoms with Crippen molar-refractivity contribution in [3.05, 3.63) is 51.2 Å². The van der Waals surface area contributed by atoms with Crippen molar-refractivity contribution < 1.29 is 9.59 Å². The number of hydrogen-bond donors (Lipinski definition) is 2. The lowest BCUT2D eigenvalue weighted by atomic mass is 9.86. The zero-order valence-corrected chi connectivity index (χ0v) is 16.1. The second-order valence-corrected chi connectivity index (χ2v) is 9.03. The fraction of sp³-hybridized carbons (Fsp3) is 0.400. The molecule has 1 saturated heterocycles. The molecule has 0 bridgehead atoms. The second-order valence-electron chi connectivity index (χ2n) is 7.57. The van der Waals surface area contributed by atoms with E-state index in [0.29, 0.717) is 24.3 Å². The third-order valence-electron chi connectivity index (χ3n) is 5.44. The number of nitrogens with zero attached hydrogens (tertiary/aromatic N) is 1. The molecule has 2 N–H and O–H groups in total. The zero-order chi connectivity index (χ0) is 18.5. The summed E-state index contributed by atoms with van der Waals surface area (Å²) in [6.07, 6.45) is 0. The fourth-order valence-electron chi connectivity index (χ4n) is 4.14. The molecular weight excluding hydrogens is 346 g/mol. The first-order valence-electron chi connectivity index (χ1n) is 8.86. The predicted molar refractivity (Wildman–Crippen MR) is 104 cm³/mol. The lowest BCUT2D eigenvalue weighted by Gasteiger charge is -2.33. The molecule has 26 heavy (non-hydrogen) atoms. The first-order valence-corrected chi connectivity index (χ1v) is 9.68. The van der Waals surface area contributed by atoms with Gasteiger partial charge in [0, 0.05) is 29.4 Å². The zero-order valence-electron chi connectivity index (χ0n) is 15.3. The van der Waals surface area contributed by atoms with E-state index in [0.717, 1.165) is 6.54 Å². The maximum absolute atomic E-state index is 12.9. The van der Waals surface area contributed by atoms with Crippen LogP contribution in [0.3, 0.4) is 0 Å². The molecule has 0 aliphatic carbocycles. The Balaban J connectivity index is 1.61. The van der Waals surface area contributed by atoms with E-state index in [1.165, 1.54) is 15.3 Å². The number of carbonyl (C=O) groups is 2. The molecule has 2 amide bonds. The van der Waals surface area contributed by atoms with E-state index in [9.17, 15) is 9.59 Å². The number of nitrogens with one attached hydrogen (secondary N) is 2. The Bertz CT molecular complexity index is 891. The summed E-state index contributed by atoms with van der Waals surface area (Å²) in [5.41, 5.74) is 1.83. The Kier molecular flexibility index (Phi) is 4.12. The number of anilines is 1. The minimum absolute atomic E-state index is 0.0272. The van der Waals surface area contributed by atoms with Gasteiger partial charge in [-0.15, -0.1) is 11.3 Å². The van der Waals surface area contributed by atoms with Gasteiger partial charge in [0.1, 0.15) is 0 Å². The molecule has 3 heterocycles. The summed E-state index contributed by atoms with van der Waals surface area (Å²) in [5.74, 6) is -0.432. The Labute approximate surface area is 157 Å². The SMILES string of the molecule is Cc1cc(CN2C[C@H]3C(=O)Nc4ccccc4C(=O)N[C@@]3(C)C2)c(C)s1. The lowest BCUT2D eigenvalue weighted by molar-refractivity contribution is -0.121. The molecule has 4 rings (SSSR count). The van der Waals surface area contributed by atoms with Gasteiger partial charge in [0.15, 0.2) is 0 Å². The number of thiophene rings is 1. The molecule has 1 aromatic heterocycles. The van der Waals surface area contributed by atoms with Crippen molar-refractivity contribution in [3.8, 4) is 0 Å². The van der Waals surface area contributed by atoms with Crippen LogP contribution in [0.2, 0.25) is 0 Å². The van der Waals surface area contributed by atoms with Crippen LogP contribution in [0, 0.1) is 19.8 Å². The van der Waals surface area contributed by atoms with Crippen molar-refractivity contribution in [1.29, 1.82) is 0 Å². The molecule has 136 valence electrons. The minimum Gasteiger partial charge on any atom is -0.345 e. The molecule has 2 atom stereocenters. The third kappa shape index (κ3) is 2.93. The van der Waals surface area contributed by atoms with Gasteiger partial charge < -0.3 is 10.6 Å². The number of hydrogen-bond acceptors (Lipinski definition) is 4. The number of benzene rings is 1. The highest BCUT2D eigenvalue weighted by atomic mass is 32.1. The van der Waals surface area contributed by atoms with Gasteiger partial charge in [-0.05, 0) is 44.5 Å². The Morgan fingerprint density at radius 1 is 1.27 bits per heavy atom. The average molecular weight is 369 g/mol. The van der Waals surface area contributed by atoms with Crippen LogP contribution in [0.1, 0.15) is 32.6 Å². The number of rotatable bonds is 2. The number of carbonyl (C=O) groups excluding carboxylic acids is 2. The van der Waals surface area contributed by atoms with Gasteiger partial charge in [-0.25, -0.2) is 0 Å². The fourth-order valence-corrected chi connectivity index (χ4v) is 5.08. The van der Waals surface area contributed by atoms with E-state index in [1.807, 2.05) is 19.1 Å². The Hall–Kier alpha value is -2.18. The van der Waals surface area contributed by atoms with Crippen LogP contribution >= 0.6 is 11.3 Å². The van der Waals surface area contributed by atoms with Gasteiger partial charge in [0.05, 0.1) is 22.7 Å². The van der Waals surface area contributed by atoms with Gasteiger partial charge in [0.2, 0.25) is 5.91 Å². The minimum atomic E-state index is -0.576. The molecule has 1 fully saturated rings. The molecule has 2 aliphatic rings. The maximum atomic E-state index is 12.9. The van der Waals surface area contributed by atoms with E-state index >= 15 is 0 Å². The summed E-state index contributed by atoms with van der Waals surface area (Å²) in [7, 11) is 0. The molecule has 0 radical (unpaired) electrons. The van der Waals surface area contributed by atoms with E-state index in [1.54, 1.807) is 23.5 Å². The van der Waals surface area contributed by atoms with Crippen molar-refractivity contribution in [2.45, 2.75) is 32.9 Å².